The van der Waals surface area contributed by atoms with E-state index in [2.05, 4.69) is 10.1 Å². The van der Waals surface area contributed by atoms with E-state index in [1.54, 1.807) is 48.5 Å². The molecule has 1 amide bonds. The quantitative estimate of drug-likeness (QED) is 0.592. The average Bonchev–Trinajstić information content (AvgIpc) is 3.14. The molecule has 0 atom stereocenters. The van der Waals surface area contributed by atoms with Crippen LogP contribution >= 0.6 is 11.6 Å². The molecule has 0 fully saturated rings. The van der Waals surface area contributed by atoms with Crippen LogP contribution in [0.3, 0.4) is 0 Å². The Bertz CT molecular complexity index is 1030. The van der Waals surface area contributed by atoms with E-state index in [4.69, 9.17) is 25.6 Å². The second-order valence-electron chi connectivity index (χ2n) is 6.23. The zero-order valence-corrected chi connectivity index (χ0v) is 16.0. The molecule has 1 aliphatic rings. The van der Waals surface area contributed by atoms with E-state index in [0.29, 0.717) is 22.3 Å². The van der Waals surface area contributed by atoms with Crippen LogP contribution in [0, 0.1) is 0 Å². The summed E-state index contributed by atoms with van der Waals surface area (Å²) in [6, 6.07) is 14.0. The number of benzene rings is 2. The summed E-state index contributed by atoms with van der Waals surface area (Å²) in [4.78, 5) is 30.2. The molecule has 29 heavy (non-hydrogen) atoms. The summed E-state index contributed by atoms with van der Waals surface area (Å²) < 4.78 is 15.9. The van der Waals surface area contributed by atoms with Crippen molar-refractivity contribution in [2.75, 3.05) is 18.1 Å². The molecule has 0 saturated heterocycles. The molecule has 9 heteroatoms. The molecule has 0 bridgehead atoms. The molecule has 4 rings (SSSR count). The summed E-state index contributed by atoms with van der Waals surface area (Å²) in [6.45, 7) is -0.173. The normalized spacial score (nSPS) is 13.4. The third-order valence-corrected chi connectivity index (χ3v) is 4.50. The van der Waals surface area contributed by atoms with Gasteiger partial charge in [-0.2, -0.15) is 4.98 Å². The Hall–Kier alpha value is -3.39. The molecule has 3 aromatic rings. The summed E-state index contributed by atoms with van der Waals surface area (Å²) in [7, 11) is 0. The van der Waals surface area contributed by atoms with Gasteiger partial charge in [-0.25, -0.2) is 0 Å². The zero-order valence-electron chi connectivity index (χ0n) is 15.2. The second-order valence-corrected chi connectivity index (χ2v) is 6.66. The first kappa shape index (κ1) is 18.9. The Morgan fingerprint density at radius 2 is 1.97 bits per heavy atom. The Morgan fingerprint density at radius 1 is 1.17 bits per heavy atom. The molecule has 0 unspecified atom stereocenters. The maximum Gasteiger partial charge on any atom is 0.326 e. The standard InChI is InChI=1S/C20H16ClN3O5/c21-14-7-5-13(6-8-14)20-22-17(29-23-20)12-28-19(26)11-24-15-3-1-2-4-16(15)27-10-9-18(24)25/h1-8H,9-12H2. The summed E-state index contributed by atoms with van der Waals surface area (Å²) in [5, 5.41) is 4.46. The molecule has 148 valence electrons. The van der Waals surface area contributed by atoms with E-state index < -0.39 is 5.97 Å². The van der Waals surface area contributed by atoms with E-state index in [-0.39, 0.29) is 38.0 Å². The number of ether oxygens (including phenoxy) is 2. The number of carbonyl (C=O) groups excluding carboxylic acids is 2. The van der Waals surface area contributed by atoms with Crippen molar-refractivity contribution in [3.63, 3.8) is 0 Å². The maximum atomic E-state index is 12.4. The van der Waals surface area contributed by atoms with E-state index in [0.717, 1.165) is 5.56 Å². The molecule has 0 aliphatic carbocycles. The van der Waals surface area contributed by atoms with Gasteiger partial charge in [0, 0.05) is 10.6 Å². The fourth-order valence-electron chi connectivity index (χ4n) is 2.84. The number of para-hydroxylation sites is 2. The first-order valence-corrected chi connectivity index (χ1v) is 9.24. The highest BCUT2D eigenvalue weighted by Gasteiger charge is 2.25. The highest BCUT2D eigenvalue weighted by atomic mass is 35.5. The van der Waals surface area contributed by atoms with E-state index >= 15 is 0 Å². The lowest BCUT2D eigenvalue weighted by Crippen LogP contribution is -2.36. The highest BCUT2D eigenvalue weighted by Crippen LogP contribution is 2.30. The lowest BCUT2D eigenvalue weighted by atomic mass is 10.2. The van der Waals surface area contributed by atoms with E-state index in [1.165, 1.54) is 4.90 Å². The fourth-order valence-corrected chi connectivity index (χ4v) is 2.97. The fraction of sp³-hybridized carbons (Fsp3) is 0.200. The van der Waals surface area contributed by atoms with Crippen LogP contribution in [0.4, 0.5) is 5.69 Å². The van der Waals surface area contributed by atoms with Gasteiger partial charge in [0.1, 0.15) is 12.3 Å². The van der Waals surface area contributed by atoms with Crippen molar-refractivity contribution in [1.29, 1.82) is 0 Å². The van der Waals surface area contributed by atoms with Crippen molar-refractivity contribution in [1.82, 2.24) is 10.1 Å². The third-order valence-electron chi connectivity index (χ3n) is 4.24. The SMILES string of the molecule is O=C(CN1C(=O)CCOc2ccccc21)OCc1nc(-c2ccc(Cl)cc2)no1. The first-order chi connectivity index (χ1) is 14.1. The lowest BCUT2D eigenvalue weighted by Gasteiger charge is -2.20. The number of fused-ring (bicyclic) bond motifs is 1. The summed E-state index contributed by atoms with van der Waals surface area (Å²) in [5.41, 5.74) is 1.26. The summed E-state index contributed by atoms with van der Waals surface area (Å²) >= 11 is 5.86. The number of halogens is 1. The topological polar surface area (TPSA) is 94.8 Å². The van der Waals surface area contributed by atoms with Crippen LogP contribution in [0.1, 0.15) is 12.3 Å². The van der Waals surface area contributed by atoms with Crippen molar-refractivity contribution in [2.24, 2.45) is 0 Å². The van der Waals surface area contributed by atoms with Gasteiger partial charge < -0.3 is 14.0 Å². The van der Waals surface area contributed by atoms with Crippen LogP contribution in [-0.4, -0.2) is 35.2 Å². The van der Waals surface area contributed by atoms with Gasteiger partial charge in [-0.1, -0.05) is 28.9 Å². The molecular formula is C20H16ClN3O5. The van der Waals surface area contributed by atoms with Gasteiger partial charge in [0.25, 0.3) is 5.89 Å². The molecule has 1 aromatic heterocycles. The van der Waals surface area contributed by atoms with Crippen LogP contribution in [0.5, 0.6) is 5.75 Å². The third kappa shape index (κ3) is 4.38. The Labute approximate surface area is 171 Å². The van der Waals surface area contributed by atoms with Crippen LogP contribution in [-0.2, 0) is 20.9 Å². The van der Waals surface area contributed by atoms with E-state index in [9.17, 15) is 9.59 Å². The number of esters is 1. The Kier molecular flexibility index (Phi) is 5.44. The van der Waals surface area contributed by atoms with Crippen molar-refractivity contribution in [3.8, 4) is 17.1 Å². The van der Waals surface area contributed by atoms with Crippen LogP contribution in [0.15, 0.2) is 53.1 Å². The monoisotopic (exact) mass is 413 g/mol. The number of nitrogens with zero attached hydrogens (tertiary/aromatic N) is 3. The van der Waals surface area contributed by atoms with Crippen molar-refractivity contribution in [2.45, 2.75) is 13.0 Å². The molecule has 0 saturated carbocycles. The molecule has 8 nitrogen and oxygen atoms in total. The van der Waals surface area contributed by atoms with E-state index in [1.807, 2.05) is 0 Å². The van der Waals surface area contributed by atoms with Gasteiger partial charge in [-0.05, 0) is 36.4 Å². The smallest absolute Gasteiger partial charge is 0.326 e. The largest absolute Gasteiger partial charge is 0.491 e. The van der Waals surface area contributed by atoms with Crippen molar-refractivity contribution < 1.29 is 23.6 Å². The van der Waals surface area contributed by atoms with Crippen LogP contribution in [0.2, 0.25) is 5.02 Å². The number of rotatable bonds is 5. The summed E-state index contributed by atoms with van der Waals surface area (Å²) in [5.74, 6) is 0.252. The van der Waals surface area contributed by atoms with Crippen molar-refractivity contribution >= 4 is 29.2 Å². The van der Waals surface area contributed by atoms with Gasteiger partial charge in [0.15, 0.2) is 6.61 Å². The zero-order chi connectivity index (χ0) is 20.2. The number of amides is 1. The molecule has 2 aromatic carbocycles. The second kappa shape index (κ2) is 8.32. The molecule has 0 N–H and O–H groups in total. The van der Waals surface area contributed by atoms with Gasteiger partial charge in [0.05, 0.1) is 18.7 Å². The number of carbonyl (C=O) groups is 2. The van der Waals surface area contributed by atoms with Gasteiger partial charge in [0.2, 0.25) is 11.7 Å². The highest BCUT2D eigenvalue weighted by molar-refractivity contribution is 6.30. The molecule has 1 aliphatic heterocycles. The van der Waals surface area contributed by atoms with Crippen LogP contribution in [0.25, 0.3) is 11.4 Å². The summed E-state index contributed by atoms with van der Waals surface area (Å²) in [6.07, 6.45) is 0.177. The van der Waals surface area contributed by atoms with Crippen LogP contribution < -0.4 is 9.64 Å². The van der Waals surface area contributed by atoms with Gasteiger partial charge in [-0.3, -0.25) is 14.5 Å². The predicted octanol–water partition coefficient (Wildman–Crippen LogP) is 3.25. The molecular weight excluding hydrogens is 398 g/mol. The van der Waals surface area contributed by atoms with Gasteiger partial charge in [-0.15, -0.1) is 0 Å². The number of anilines is 1. The molecule has 0 radical (unpaired) electrons. The minimum Gasteiger partial charge on any atom is -0.491 e. The predicted molar refractivity (Wildman–Crippen MR) is 103 cm³/mol. The number of hydrogen-bond acceptors (Lipinski definition) is 7. The number of hydrogen-bond donors (Lipinski definition) is 0. The Balaban J connectivity index is 1.39. The average molecular weight is 414 g/mol. The lowest BCUT2D eigenvalue weighted by molar-refractivity contribution is -0.144. The molecule has 0 spiro atoms. The minimum atomic E-state index is -0.596. The first-order valence-electron chi connectivity index (χ1n) is 8.86. The number of aromatic nitrogens is 2. The Morgan fingerprint density at radius 3 is 2.79 bits per heavy atom. The van der Waals surface area contributed by atoms with Crippen molar-refractivity contribution in [3.05, 3.63) is 59.4 Å². The minimum absolute atomic E-state index is 0.147. The van der Waals surface area contributed by atoms with Gasteiger partial charge >= 0.3 is 5.97 Å². The molecule has 2 heterocycles. The maximum absolute atomic E-state index is 12.4.